The zero-order valence-electron chi connectivity index (χ0n) is 11.9. The van der Waals surface area contributed by atoms with E-state index in [1.807, 2.05) is 13.1 Å². The van der Waals surface area contributed by atoms with E-state index in [1.165, 1.54) is 19.3 Å². The second-order valence-electron chi connectivity index (χ2n) is 6.12. The van der Waals surface area contributed by atoms with Crippen molar-refractivity contribution in [3.05, 3.63) is 17.8 Å². The minimum atomic E-state index is 0.450. The third-order valence-electron chi connectivity index (χ3n) is 4.63. The Morgan fingerprint density at radius 1 is 1.26 bits per heavy atom. The number of nitrogens with zero attached hydrogens (tertiary/aromatic N) is 3. The fourth-order valence-corrected chi connectivity index (χ4v) is 3.21. The molecule has 2 N–H and O–H groups in total. The summed E-state index contributed by atoms with van der Waals surface area (Å²) in [6, 6.07) is 2.51. The summed E-state index contributed by atoms with van der Waals surface area (Å²) in [5.74, 6) is 2.16. The first kappa shape index (κ1) is 12.5. The monoisotopic (exact) mass is 258 g/mol. The normalized spacial score (nSPS) is 27.8. The van der Waals surface area contributed by atoms with Crippen LogP contribution in [0.2, 0.25) is 0 Å². The van der Waals surface area contributed by atoms with Gasteiger partial charge in [-0.3, -0.25) is 4.57 Å². The van der Waals surface area contributed by atoms with E-state index in [-0.39, 0.29) is 0 Å². The number of aryl methyl sites for hydroxylation is 1. The number of aromatic nitrogens is 3. The summed E-state index contributed by atoms with van der Waals surface area (Å²) in [6.07, 6.45) is 5.51. The maximum atomic E-state index is 6.13. The Bertz CT molecular complexity index is 601. The summed E-state index contributed by atoms with van der Waals surface area (Å²) in [7, 11) is 0. The van der Waals surface area contributed by atoms with Gasteiger partial charge in [-0.15, -0.1) is 0 Å². The number of fused-ring (bicyclic) bond motifs is 1. The van der Waals surface area contributed by atoms with E-state index in [1.54, 1.807) is 0 Å². The van der Waals surface area contributed by atoms with Crippen molar-refractivity contribution < 1.29 is 0 Å². The van der Waals surface area contributed by atoms with Crippen LogP contribution < -0.4 is 5.73 Å². The molecule has 3 rings (SSSR count). The van der Waals surface area contributed by atoms with Gasteiger partial charge >= 0.3 is 0 Å². The van der Waals surface area contributed by atoms with Gasteiger partial charge in [-0.2, -0.15) is 0 Å². The molecule has 4 nitrogen and oxygen atoms in total. The summed E-state index contributed by atoms with van der Waals surface area (Å²) in [5.41, 5.74) is 9.11. The minimum Gasteiger partial charge on any atom is -0.369 e. The number of nitrogens with two attached hydrogens (primary N) is 1. The summed E-state index contributed by atoms with van der Waals surface area (Å²) in [6.45, 7) is 6.72. The molecule has 19 heavy (non-hydrogen) atoms. The van der Waals surface area contributed by atoms with Crippen molar-refractivity contribution in [3.63, 3.8) is 0 Å². The van der Waals surface area contributed by atoms with Crippen LogP contribution in [-0.2, 0) is 0 Å². The lowest BCUT2D eigenvalue weighted by molar-refractivity contribution is 0.214. The highest BCUT2D eigenvalue weighted by atomic mass is 15.2. The average molecular weight is 258 g/mol. The van der Waals surface area contributed by atoms with Crippen LogP contribution in [0.3, 0.4) is 0 Å². The van der Waals surface area contributed by atoms with Crippen LogP contribution in [0.5, 0.6) is 0 Å². The third kappa shape index (κ3) is 2.09. The first-order valence-corrected chi connectivity index (χ1v) is 7.16. The van der Waals surface area contributed by atoms with Crippen molar-refractivity contribution in [2.75, 3.05) is 5.73 Å². The average Bonchev–Trinajstić information content (AvgIpc) is 2.68. The SMILES string of the molecule is Cc1cnc2c(c1)nc(N)n2C1CCC(C)C(C)C1. The molecular weight excluding hydrogens is 236 g/mol. The van der Waals surface area contributed by atoms with Gasteiger partial charge < -0.3 is 5.73 Å². The summed E-state index contributed by atoms with van der Waals surface area (Å²) in [4.78, 5) is 9.01. The number of hydrogen-bond donors (Lipinski definition) is 1. The molecule has 1 fully saturated rings. The van der Waals surface area contributed by atoms with Crippen molar-refractivity contribution in [2.45, 2.75) is 46.1 Å². The Morgan fingerprint density at radius 3 is 2.79 bits per heavy atom. The highest BCUT2D eigenvalue weighted by molar-refractivity contribution is 5.74. The van der Waals surface area contributed by atoms with Crippen molar-refractivity contribution in [1.82, 2.24) is 14.5 Å². The Hall–Kier alpha value is -1.58. The van der Waals surface area contributed by atoms with Crippen LogP contribution in [0.1, 0.15) is 44.7 Å². The molecule has 2 heterocycles. The summed E-state index contributed by atoms with van der Waals surface area (Å²) in [5, 5.41) is 0. The van der Waals surface area contributed by atoms with Crippen LogP contribution in [0.25, 0.3) is 11.2 Å². The lowest BCUT2D eigenvalue weighted by Gasteiger charge is -2.33. The molecule has 1 aliphatic rings. The Labute approximate surface area is 114 Å². The fourth-order valence-electron chi connectivity index (χ4n) is 3.21. The van der Waals surface area contributed by atoms with E-state index in [0.717, 1.165) is 28.6 Å². The Kier molecular flexibility index (Phi) is 2.96. The second kappa shape index (κ2) is 4.51. The van der Waals surface area contributed by atoms with Gasteiger partial charge in [0.05, 0.1) is 0 Å². The predicted octanol–water partition coefficient (Wildman–Crippen LogP) is 3.32. The molecule has 0 saturated heterocycles. The number of pyridine rings is 1. The van der Waals surface area contributed by atoms with E-state index in [2.05, 4.69) is 34.4 Å². The molecule has 2 aromatic rings. The largest absolute Gasteiger partial charge is 0.369 e. The zero-order valence-corrected chi connectivity index (χ0v) is 11.9. The summed E-state index contributed by atoms with van der Waals surface area (Å²) >= 11 is 0. The second-order valence-corrected chi connectivity index (χ2v) is 6.12. The molecule has 0 radical (unpaired) electrons. The number of nitrogen functional groups attached to an aromatic ring is 1. The molecule has 0 amide bonds. The van der Waals surface area contributed by atoms with Crippen LogP contribution in [0.4, 0.5) is 5.95 Å². The predicted molar refractivity (Wildman–Crippen MR) is 77.9 cm³/mol. The van der Waals surface area contributed by atoms with Gasteiger partial charge in [0.25, 0.3) is 0 Å². The first-order valence-electron chi connectivity index (χ1n) is 7.16. The van der Waals surface area contributed by atoms with E-state index in [9.17, 15) is 0 Å². The van der Waals surface area contributed by atoms with Gasteiger partial charge in [-0.1, -0.05) is 13.8 Å². The van der Waals surface area contributed by atoms with Crippen molar-refractivity contribution >= 4 is 17.1 Å². The Balaban J connectivity index is 2.03. The number of rotatable bonds is 1. The molecule has 102 valence electrons. The van der Waals surface area contributed by atoms with Crippen LogP contribution in [0.15, 0.2) is 12.3 Å². The molecule has 4 heteroatoms. The highest BCUT2D eigenvalue weighted by Gasteiger charge is 2.28. The van der Waals surface area contributed by atoms with Gasteiger partial charge in [-0.05, 0) is 49.7 Å². The van der Waals surface area contributed by atoms with E-state index < -0.39 is 0 Å². The number of anilines is 1. The van der Waals surface area contributed by atoms with Crippen LogP contribution in [0, 0.1) is 18.8 Å². The smallest absolute Gasteiger partial charge is 0.202 e. The molecule has 0 bridgehead atoms. The molecule has 1 aliphatic carbocycles. The summed E-state index contributed by atoms with van der Waals surface area (Å²) < 4.78 is 2.15. The van der Waals surface area contributed by atoms with Crippen molar-refractivity contribution in [2.24, 2.45) is 11.8 Å². The quantitative estimate of drug-likeness (QED) is 0.853. The zero-order chi connectivity index (χ0) is 13.6. The van der Waals surface area contributed by atoms with Crippen LogP contribution >= 0.6 is 0 Å². The fraction of sp³-hybridized carbons (Fsp3) is 0.600. The first-order chi connectivity index (χ1) is 9.06. The molecule has 3 unspecified atom stereocenters. The number of hydrogen-bond acceptors (Lipinski definition) is 3. The third-order valence-corrected chi connectivity index (χ3v) is 4.63. The maximum absolute atomic E-state index is 6.13. The van der Waals surface area contributed by atoms with Gasteiger partial charge in [0, 0.05) is 12.2 Å². The van der Waals surface area contributed by atoms with E-state index in [4.69, 9.17) is 5.73 Å². The minimum absolute atomic E-state index is 0.450. The molecule has 0 spiro atoms. The van der Waals surface area contributed by atoms with Crippen molar-refractivity contribution in [3.8, 4) is 0 Å². The van der Waals surface area contributed by atoms with Gasteiger partial charge in [-0.25, -0.2) is 9.97 Å². The highest BCUT2D eigenvalue weighted by Crippen LogP contribution is 2.38. The van der Waals surface area contributed by atoms with Crippen molar-refractivity contribution in [1.29, 1.82) is 0 Å². The number of imidazole rings is 1. The van der Waals surface area contributed by atoms with Crippen LogP contribution in [-0.4, -0.2) is 14.5 Å². The van der Waals surface area contributed by atoms with E-state index in [0.29, 0.717) is 12.0 Å². The van der Waals surface area contributed by atoms with Gasteiger partial charge in [0.15, 0.2) is 5.65 Å². The standard InChI is InChI=1S/C15H22N4/c1-9-6-13-14(17-8-9)19(15(16)18-13)12-5-4-10(2)11(3)7-12/h6,8,10-12H,4-5,7H2,1-3H3,(H2,16,18). The Morgan fingerprint density at radius 2 is 2.05 bits per heavy atom. The topological polar surface area (TPSA) is 56.7 Å². The molecule has 2 aromatic heterocycles. The molecule has 0 aliphatic heterocycles. The lowest BCUT2D eigenvalue weighted by Crippen LogP contribution is -2.24. The van der Waals surface area contributed by atoms with Gasteiger partial charge in [0.1, 0.15) is 5.52 Å². The molecular formula is C15H22N4. The maximum Gasteiger partial charge on any atom is 0.202 e. The van der Waals surface area contributed by atoms with Gasteiger partial charge in [0.2, 0.25) is 5.95 Å². The lowest BCUT2D eigenvalue weighted by atomic mass is 9.79. The molecule has 1 saturated carbocycles. The van der Waals surface area contributed by atoms with E-state index >= 15 is 0 Å². The molecule has 0 aromatic carbocycles. The molecule has 3 atom stereocenters.